The second-order valence-electron chi connectivity index (χ2n) is 4.34. The lowest BCUT2D eigenvalue weighted by atomic mass is 10.1. The Balaban J connectivity index is 2.09. The highest BCUT2D eigenvalue weighted by Crippen LogP contribution is 2.14. The second kappa shape index (κ2) is 5.79. The van der Waals surface area contributed by atoms with Crippen LogP contribution in [0.4, 0.5) is 14.6 Å². The van der Waals surface area contributed by atoms with E-state index < -0.39 is 17.5 Å². The number of aromatic nitrogens is 2. The number of amides is 1. The van der Waals surface area contributed by atoms with Crippen LogP contribution in [0, 0.1) is 11.6 Å². The number of nitrogens with zero attached hydrogens (tertiary/aromatic N) is 2. The van der Waals surface area contributed by atoms with E-state index in [0.717, 1.165) is 12.1 Å². The summed E-state index contributed by atoms with van der Waals surface area (Å²) in [5.74, 6) is -1.52. The highest BCUT2D eigenvalue weighted by molar-refractivity contribution is 5.92. The minimum absolute atomic E-state index is 0.120. The van der Waals surface area contributed by atoms with Crippen LogP contribution in [0.1, 0.15) is 11.1 Å². The average molecular weight is 280 g/mol. The summed E-state index contributed by atoms with van der Waals surface area (Å²) in [5.41, 5.74) is 6.33. The van der Waals surface area contributed by atoms with E-state index in [9.17, 15) is 13.6 Å². The molecule has 0 aliphatic heterocycles. The first-order chi connectivity index (χ1) is 9.49. The van der Waals surface area contributed by atoms with Crippen LogP contribution in [0.5, 0.6) is 0 Å². The van der Waals surface area contributed by atoms with Crippen molar-refractivity contribution in [3.8, 4) is 0 Å². The summed E-state index contributed by atoms with van der Waals surface area (Å²) >= 11 is 0. The second-order valence-corrected chi connectivity index (χ2v) is 4.34. The third-order valence-electron chi connectivity index (χ3n) is 2.75. The van der Waals surface area contributed by atoms with Crippen LogP contribution in [-0.4, -0.2) is 15.7 Å². The van der Waals surface area contributed by atoms with Crippen LogP contribution in [-0.2, 0) is 24.8 Å². The molecule has 3 N–H and O–H groups in total. The van der Waals surface area contributed by atoms with Crippen molar-refractivity contribution in [2.24, 2.45) is 12.8 Å². The SMILES string of the molecule is Cn1cc(CN)c(NC(=O)Cc2ccc(F)cc2F)n1. The summed E-state index contributed by atoms with van der Waals surface area (Å²) in [5, 5.41) is 6.61. The van der Waals surface area contributed by atoms with Crippen LogP contribution in [0.15, 0.2) is 24.4 Å². The predicted octanol–water partition coefficient (Wildman–Crippen LogP) is 1.34. The average Bonchev–Trinajstić information content (AvgIpc) is 2.73. The van der Waals surface area contributed by atoms with Gasteiger partial charge in [-0.15, -0.1) is 0 Å². The van der Waals surface area contributed by atoms with E-state index >= 15 is 0 Å². The van der Waals surface area contributed by atoms with Gasteiger partial charge in [0.1, 0.15) is 11.6 Å². The third kappa shape index (κ3) is 3.18. The Kier molecular flexibility index (Phi) is 4.09. The number of halogens is 2. The quantitative estimate of drug-likeness (QED) is 0.887. The molecule has 20 heavy (non-hydrogen) atoms. The first-order valence-corrected chi connectivity index (χ1v) is 5.96. The number of hydrogen-bond donors (Lipinski definition) is 2. The Morgan fingerprint density at radius 2 is 2.15 bits per heavy atom. The minimum Gasteiger partial charge on any atom is -0.326 e. The van der Waals surface area contributed by atoms with Gasteiger partial charge in [0.05, 0.1) is 6.42 Å². The van der Waals surface area contributed by atoms with E-state index in [1.807, 2.05) is 0 Å². The molecule has 0 atom stereocenters. The van der Waals surface area contributed by atoms with Gasteiger partial charge < -0.3 is 11.1 Å². The largest absolute Gasteiger partial charge is 0.326 e. The standard InChI is InChI=1S/C13H14F2N4O/c1-19-7-9(6-16)13(18-19)17-12(20)4-8-2-3-10(14)5-11(8)15/h2-3,5,7H,4,6,16H2,1H3,(H,17,18,20). The molecule has 0 aliphatic carbocycles. The maximum Gasteiger partial charge on any atom is 0.230 e. The maximum atomic E-state index is 13.4. The van der Waals surface area contributed by atoms with E-state index in [-0.39, 0.29) is 18.5 Å². The molecule has 2 aromatic rings. The molecule has 0 radical (unpaired) electrons. The van der Waals surface area contributed by atoms with Crippen molar-refractivity contribution in [1.82, 2.24) is 9.78 Å². The number of carbonyl (C=O) groups is 1. The number of carbonyl (C=O) groups excluding carboxylic acids is 1. The maximum absolute atomic E-state index is 13.4. The molecule has 2 rings (SSSR count). The fourth-order valence-electron chi connectivity index (χ4n) is 1.81. The zero-order chi connectivity index (χ0) is 14.7. The Bertz CT molecular complexity index is 639. The van der Waals surface area contributed by atoms with Gasteiger partial charge in [-0.3, -0.25) is 9.48 Å². The lowest BCUT2D eigenvalue weighted by Crippen LogP contribution is -2.17. The molecule has 7 heteroatoms. The smallest absolute Gasteiger partial charge is 0.230 e. The van der Waals surface area contributed by atoms with E-state index in [0.29, 0.717) is 11.4 Å². The first-order valence-electron chi connectivity index (χ1n) is 5.96. The van der Waals surface area contributed by atoms with Gasteiger partial charge >= 0.3 is 0 Å². The lowest BCUT2D eigenvalue weighted by Gasteiger charge is -2.05. The molecule has 1 amide bonds. The normalized spacial score (nSPS) is 10.6. The number of nitrogens with one attached hydrogen (secondary N) is 1. The fraction of sp³-hybridized carbons (Fsp3) is 0.231. The minimum atomic E-state index is -0.750. The molecule has 0 unspecified atom stereocenters. The molecule has 0 aliphatic rings. The zero-order valence-electron chi connectivity index (χ0n) is 10.9. The van der Waals surface area contributed by atoms with Crippen molar-refractivity contribution >= 4 is 11.7 Å². The number of rotatable bonds is 4. The zero-order valence-corrected chi connectivity index (χ0v) is 10.9. The van der Waals surface area contributed by atoms with Gasteiger partial charge in [0.15, 0.2) is 5.82 Å². The Labute approximate surface area is 114 Å². The first kappa shape index (κ1) is 14.1. The molecule has 0 spiro atoms. The molecule has 0 saturated heterocycles. The van der Waals surface area contributed by atoms with Crippen LogP contribution in [0.3, 0.4) is 0 Å². The van der Waals surface area contributed by atoms with Gasteiger partial charge in [0, 0.05) is 31.4 Å². The summed E-state index contributed by atoms with van der Waals surface area (Å²) in [4.78, 5) is 11.8. The number of nitrogens with two attached hydrogens (primary N) is 1. The molecule has 1 aromatic carbocycles. The Morgan fingerprint density at radius 3 is 2.80 bits per heavy atom. The van der Waals surface area contributed by atoms with Crippen LogP contribution in [0.2, 0.25) is 0 Å². The molecule has 0 saturated carbocycles. The van der Waals surface area contributed by atoms with Crippen LogP contribution < -0.4 is 11.1 Å². The number of benzene rings is 1. The summed E-state index contributed by atoms with van der Waals surface area (Å²) in [6, 6.07) is 3.10. The van der Waals surface area contributed by atoms with Crippen molar-refractivity contribution in [2.75, 3.05) is 5.32 Å². The van der Waals surface area contributed by atoms with Gasteiger partial charge in [0.2, 0.25) is 5.91 Å². The fourth-order valence-corrected chi connectivity index (χ4v) is 1.81. The molecular weight excluding hydrogens is 266 g/mol. The summed E-state index contributed by atoms with van der Waals surface area (Å²) in [7, 11) is 1.70. The van der Waals surface area contributed by atoms with Crippen molar-refractivity contribution in [3.05, 3.63) is 47.2 Å². The van der Waals surface area contributed by atoms with Gasteiger partial charge in [-0.05, 0) is 11.6 Å². The van der Waals surface area contributed by atoms with Gasteiger partial charge in [-0.25, -0.2) is 8.78 Å². The number of aryl methyl sites for hydroxylation is 1. The summed E-state index contributed by atoms with van der Waals surface area (Å²) < 4.78 is 27.7. The predicted molar refractivity (Wildman–Crippen MR) is 69.8 cm³/mol. The van der Waals surface area contributed by atoms with E-state index in [4.69, 9.17) is 5.73 Å². The van der Waals surface area contributed by atoms with E-state index in [2.05, 4.69) is 10.4 Å². The van der Waals surface area contributed by atoms with Gasteiger partial charge in [-0.1, -0.05) is 6.07 Å². The monoisotopic (exact) mass is 280 g/mol. The van der Waals surface area contributed by atoms with Gasteiger partial charge in [0.25, 0.3) is 0 Å². The molecule has 106 valence electrons. The lowest BCUT2D eigenvalue weighted by molar-refractivity contribution is -0.115. The van der Waals surface area contributed by atoms with Gasteiger partial charge in [-0.2, -0.15) is 5.10 Å². The molecule has 1 aromatic heterocycles. The molecular formula is C13H14F2N4O. The van der Waals surface area contributed by atoms with Crippen molar-refractivity contribution in [2.45, 2.75) is 13.0 Å². The molecule has 0 bridgehead atoms. The van der Waals surface area contributed by atoms with Crippen molar-refractivity contribution in [3.63, 3.8) is 0 Å². The topological polar surface area (TPSA) is 72.9 Å². The number of hydrogen-bond acceptors (Lipinski definition) is 3. The van der Waals surface area contributed by atoms with E-state index in [1.165, 1.54) is 10.7 Å². The summed E-state index contributed by atoms with van der Waals surface area (Å²) in [6.07, 6.45) is 1.49. The highest BCUT2D eigenvalue weighted by Gasteiger charge is 2.13. The van der Waals surface area contributed by atoms with Crippen molar-refractivity contribution < 1.29 is 13.6 Å². The number of anilines is 1. The van der Waals surface area contributed by atoms with E-state index in [1.54, 1.807) is 13.2 Å². The highest BCUT2D eigenvalue weighted by atomic mass is 19.1. The molecule has 1 heterocycles. The summed E-state index contributed by atoms with van der Waals surface area (Å²) in [6.45, 7) is 0.231. The Morgan fingerprint density at radius 1 is 1.40 bits per heavy atom. The molecule has 5 nitrogen and oxygen atoms in total. The van der Waals surface area contributed by atoms with Crippen molar-refractivity contribution in [1.29, 1.82) is 0 Å². The molecule has 0 fully saturated rings. The van der Waals surface area contributed by atoms with Crippen LogP contribution >= 0.6 is 0 Å². The third-order valence-corrected chi connectivity index (χ3v) is 2.75. The Hall–Kier alpha value is -2.28. The van der Waals surface area contributed by atoms with Crippen LogP contribution in [0.25, 0.3) is 0 Å².